The first kappa shape index (κ1) is 9.13. The molecule has 0 fully saturated rings. The molecule has 1 aromatic heterocycles. The van der Waals surface area contributed by atoms with E-state index in [9.17, 15) is 0 Å². The molecule has 1 N–H and O–H groups in total. The topological polar surface area (TPSA) is 37.8 Å². The highest BCUT2D eigenvalue weighted by atomic mass is 14.9. The van der Waals surface area contributed by atoms with Crippen LogP contribution in [-0.2, 0) is 6.42 Å². The van der Waals surface area contributed by atoms with E-state index in [-0.39, 0.29) is 0 Å². The number of nitrogens with zero attached hydrogens (tertiary/aromatic N) is 2. The highest BCUT2D eigenvalue weighted by molar-refractivity contribution is 4.88. The van der Waals surface area contributed by atoms with E-state index in [1.807, 2.05) is 6.07 Å². The minimum Gasteiger partial charge on any atom is -0.316 e. The Labute approximate surface area is 73.2 Å². The molecule has 0 aliphatic rings. The first-order valence-electron chi connectivity index (χ1n) is 4.40. The average Bonchev–Trinajstić information content (AvgIpc) is 2.14. The van der Waals surface area contributed by atoms with Crippen molar-refractivity contribution < 1.29 is 0 Å². The molecule has 3 nitrogen and oxygen atoms in total. The lowest BCUT2D eigenvalue weighted by Crippen LogP contribution is -2.18. The van der Waals surface area contributed by atoms with Crippen molar-refractivity contribution in [3.63, 3.8) is 0 Å². The SMILES string of the molecule is CCCNCCc1ncccn1. The van der Waals surface area contributed by atoms with Crippen molar-refractivity contribution in [2.24, 2.45) is 0 Å². The van der Waals surface area contributed by atoms with Gasteiger partial charge in [0.15, 0.2) is 0 Å². The van der Waals surface area contributed by atoms with Gasteiger partial charge in [-0.1, -0.05) is 6.92 Å². The Balaban J connectivity index is 2.16. The minimum atomic E-state index is 0.918. The van der Waals surface area contributed by atoms with Crippen molar-refractivity contribution in [1.82, 2.24) is 15.3 Å². The van der Waals surface area contributed by atoms with Crippen LogP contribution in [0, 0.1) is 0 Å². The highest BCUT2D eigenvalue weighted by Crippen LogP contribution is 1.87. The fourth-order valence-electron chi connectivity index (χ4n) is 0.961. The van der Waals surface area contributed by atoms with E-state index in [0.29, 0.717) is 0 Å². The zero-order valence-corrected chi connectivity index (χ0v) is 7.45. The predicted molar refractivity (Wildman–Crippen MR) is 48.9 cm³/mol. The monoisotopic (exact) mass is 165 g/mol. The third-order valence-corrected chi connectivity index (χ3v) is 1.57. The average molecular weight is 165 g/mol. The molecule has 0 spiro atoms. The molecular weight excluding hydrogens is 150 g/mol. The van der Waals surface area contributed by atoms with E-state index in [0.717, 1.165) is 25.3 Å². The van der Waals surface area contributed by atoms with Gasteiger partial charge in [0.1, 0.15) is 5.82 Å². The molecule has 1 aromatic rings. The Morgan fingerprint density at radius 3 is 2.67 bits per heavy atom. The molecule has 0 aromatic carbocycles. The zero-order valence-electron chi connectivity index (χ0n) is 7.45. The smallest absolute Gasteiger partial charge is 0.129 e. The van der Waals surface area contributed by atoms with Crippen LogP contribution in [0.3, 0.4) is 0 Å². The van der Waals surface area contributed by atoms with Crippen LogP contribution in [0.5, 0.6) is 0 Å². The summed E-state index contributed by atoms with van der Waals surface area (Å²) in [6, 6.07) is 1.84. The second-order valence-electron chi connectivity index (χ2n) is 2.67. The molecule has 12 heavy (non-hydrogen) atoms. The lowest BCUT2D eigenvalue weighted by molar-refractivity contribution is 0.658. The molecule has 0 atom stereocenters. The molecule has 0 unspecified atom stereocenters. The van der Waals surface area contributed by atoms with Gasteiger partial charge < -0.3 is 5.32 Å². The van der Waals surface area contributed by atoms with Crippen LogP contribution in [0.25, 0.3) is 0 Å². The van der Waals surface area contributed by atoms with Crippen molar-refractivity contribution >= 4 is 0 Å². The summed E-state index contributed by atoms with van der Waals surface area (Å²) >= 11 is 0. The number of hydrogen-bond donors (Lipinski definition) is 1. The standard InChI is InChI=1S/C9H15N3/c1-2-5-10-8-4-9-11-6-3-7-12-9/h3,6-7,10H,2,4-5,8H2,1H3. The van der Waals surface area contributed by atoms with Gasteiger partial charge in [-0.25, -0.2) is 9.97 Å². The summed E-state index contributed by atoms with van der Waals surface area (Å²) in [5, 5.41) is 3.30. The summed E-state index contributed by atoms with van der Waals surface area (Å²) < 4.78 is 0. The molecule has 3 heteroatoms. The summed E-state index contributed by atoms with van der Waals surface area (Å²) in [5.41, 5.74) is 0. The maximum atomic E-state index is 4.13. The maximum absolute atomic E-state index is 4.13. The Bertz CT molecular complexity index is 198. The number of hydrogen-bond acceptors (Lipinski definition) is 3. The fraction of sp³-hybridized carbons (Fsp3) is 0.556. The van der Waals surface area contributed by atoms with Gasteiger partial charge >= 0.3 is 0 Å². The van der Waals surface area contributed by atoms with Gasteiger partial charge in [-0.05, 0) is 19.0 Å². The summed E-state index contributed by atoms with van der Waals surface area (Å²) in [6.45, 7) is 4.21. The minimum absolute atomic E-state index is 0.918. The predicted octanol–water partition coefficient (Wildman–Crippen LogP) is 1.02. The van der Waals surface area contributed by atoms with E-state index in [2.05, 4.69) is 22.2 Å². The molecule has 0 radical (unpaired) electrons. The summed E-state index contributed by atoms with van der Waals surface area (Å²) in [5.74, 6) is 0.918. The molecule has 0 aliphatic carbocycles. The molecule has 0 saturated heterocycles. The van der Waals surface area contributed by atoms with Gasteiger partial charge in [0.2, 0.25) is 0 Å². The first-order valence-corrected chi connectivity index (χ1v) is 4.40. The fourth-order valence-corrected chi connectivity index (χ4v) is 0.961. The summed E-state index contributed by atoms with van der Waals surface area (Å²) in [7, 11) is 0. The number of rotatable bonds is 5. The highest BCUT2D eigenvalue weighted by Gasteiger charge is 1.92. The number of aromatic nitrogens is 2. The largest absolute Gasteiger partial charge is 0.316 e. The number of nitrogens with one attached hydrogen (secondary N) is 1. The van der Waals surface area contributed by atoms with Gasteiger partial charge in [-0.3, -0.25) is 0 Å². The van der Waals surface area contributed by atoms with Crippen LogP contribution < -0.4 is 5.32 Å². The third kappa shape index (κ3) is 3.44. The van der Waals surface area contributed by atoms with Gasteiger partial charge in [0.05, 0.1) is 0 Å². The van der Waals surface area contributed by atoms with Gasteiger partial charge in [-0.2, -0.15) is 0 Å². The van der Waals surface area contributed by atoms with Gasteiger partial charge in [-0.15, -0.1) is 0 Å². The first-order chi connectivity index (χ1) is 5.93. The molecule has 66 valence electrons. The normalized spacial score (nSPS) is 10.1. The van der Waals surface area contributed by atoms with Crippen LogP contribution in [0.2, 0.25) is 0 Å². The molecule has 0 bridgehead atoms. The van der Waals surface area contributed by atoms with Crippen LogP contribution >= 0.6 is 0 Å². The Kier molecular flexibility index (Phi) is 4.31. The van der Waals surface area contributed by atoms with E-state index in [4.69, 9.17) is 0 Å². The van der Waals surface area contributed by atoms with Crippen molar-refractivity contribution in [3.05, 3.63) is 24.3 Å². The molecule has 0 amide bonds. The Morgan fingerprint density at radius 2 is 2.00 bits per heavy atom. The molecule has 1 heterocycles. The van der Waals surface area contributed by atoms with Gasteiger partial charge in [0.25, 0.3) is 0 Å². The Hall–Kier alpha value is -0.960. The van der Waals surface area contributed by atoms with Crippen LogP contribution in [-0.4, -0.2) is 23.1 Å². The quantitative estimate of drug-likeness (QED) is 0.662. The molecule has 0 saturated carbocycles. The third-order valence-electron chi connectivity index (χ3n) is 1.57. The second kappa shape index (κ2) is 5.66. The van der Waals surface area contributed by atoms with Crippen molar-refractivity contribution in [2.75, 3.05) is 13.1 Å². The van der Waals surface area contributed by atoms with Crippen LogP contribution in [0.15, 0.2) is 18.5 Å². The van der Waals surface area contributed by atoms with Crippen LogP contribution in [0.1, 0.15) is 19.2 Å². The Morgan fingerprint density at radius 1 is 1.25 bits per heavy atom. The molecule has 1 rings (SSSR count). The molecule has 0 aliphatic heterocycles. The zero-order chi connectivity index (χ0) is 8.65. The lowest BCUT2D eigenvalue weighted by Gasteiger charge is -2.00. The lowest BCUT2D eigenvalue weighted by atomic mass is 10.4. The van der Waals surface area contributed by atoms with E-state index in [1.165, 1.54) is 6.42 Å². The van der Waals surface area contributed by atoms with Gasteiger partial charge in [0, 0.05) is 25.4 Å². The van der Waals surface area contributed by atoms with E-state index in [1.54, 1.807) is 12.4 Å². The maximum Gasteiger partial charge on any atom is 0.129 e. The van der Waals surface area contributed by atoms with Crippen molar-refractivity contribution in [2.45, 2.75) is 19.8 Å². The molecular formula is C9H15N3. The van der Waals surface area contributed by atoms with E-state index < -0.39 is 0 Å². The second-order valence-corrected chi connectivity index (χ2v) is 2.67. The van der Waals surface area contributed by atoms with Crippen molar-refractivity contribution in [3.8, 4) is 0 Å². The van der Waals surface area contributed by atoms with Crippen molar-refractivity contribution in [1.29, 1.82) is 0 Å². The summed E-state index contributed by atoms with van der Waals surface area (Å²) in [4.78, 5) is 8.25. The van der Waals surface area contributed by atoms with Crippen LogP contribution in [0.4, 0.5) is 0 Å². The summed E-state index contributed by atoms with van der Waals surface area (Å²) in [6.07, 6.45) is 5.65. The van der Waals surface area contributed by atoms with E-state index >= 15 is 0 Å².